The van der Waals surface area contributed by atoms with Crippen molar-refractivity contribution >= 4 is 5.97 Å². The number of hydrogen-bond acceptors (Lipinski definition) is 3. The molecular formula is C13H16O3. The van der Waals surface area contributed by atoms with Gasteiger partial charge in [0.2, 0.25) is 0 Å². The molecule has 86 valence electrons. The standard InChI is InChI=1S/C13H16O3/c1-10-8-16-13(14)7-12(10)15-9-11-5-3-2-4-6-11/h2-6,10,12H,7-9H2,1H3/t10-,12+/m0/s1. The lowest BCUT2D eigenvalue weighted by molar-refractivity contribution is -0.160. The summed E-state index contributed by atoms with van der Waals surface area (Å²) >= 11 is 0. The molecule has 0 bridgehead atoms. The van der Waals surface area contributed by atoms with Gasteiger partial charge in [-0.1, -0.05) is 37.3 Å². The maximum atomic E-state index is 11.1. The van der Waals surface area contributed by atoms with Gasteiger partial charge in [0, 0.05) is 5.92 Å². The normalized spacial score (nSPS) is 25.2. The number of cyclic esters (lactones) is 1. The van der Waals surface area contributed by atoms with E-state index in [0.29, 0.717) is 19.6 Å². The van der Waals surface area contributed by atoms with Crippen LogP contribution >= 0.6 is 0 Å². The highest BCUT2D eigenvalue weighted by Crippen LogP contribution is 2.19. The molecule has 16 heavy (non-hydrogen) atoms. The van der Waals surface area contributed by atoms with Crippen molar-refractivity contribution in [2.45, 2.75) is 26.1 Å². The summed E-state index contributed by atoms with van der Waals surface area (Å²) in [6.45, 7) is 3.07. The van der Waals surface area contributed by atoms with Gasteiger partial charge >= 0.3 is 5.97 Å². The van der Waals surface area contributed by atoms with Crippen LogP contribution in [0.25, 0.3) is 0 Å². The zero-order valence-electron chi connectivity index (χ0n) is 9.39. The number of benzene rings is 1. The lowest BCUT2D eigenvalue weighted by Gasteiger charge is -2.27. The van der Waals surface area contributed by atoms with E-state index in [1.165, 1.54) is 0 Å². The van der Waals surface area contributed by atoms with Gasteiger partial charge in [-0.25, -0.2) is 0 Å². The molecule has 2 rings (SSSR count). The van der Waals surface area contributed by atoms with Crippen molar-refractivity contribution in [1.29, 1.82) is 0 Å². The van der Waals surface area contributed by atoms with Crippen LogP contribution < -0.4 is 0 Å². The minimum atomic E-state index is -0.156. The number of rotatable bonds is 3. The molecule has 1 aliphatic rings. The minimum absolute atomic E-state index is 0.0125. The third-order valence-electron chi connectivity index (χ3n) is 2.82. The van der Waals surface area contributed by atoms with Crippen LogP contribution in [0.3, 0.4) is 0 Å². The summed E-state index contributed by atoms with van der Waals surface area (Å²) in [5.41, 5.74) is 1.13. The van der Waals surface area contributed by atoms with E-state index in [-0.39, 0.29) is 18.0 Å². The summed E-state index contributed by atoms with van der Waals surface area (Å²) in [6.07, 6.45) is 0.357. The molecule has 3 nitrogen and oxygen atoms in total. The van der Waals surface area contributed by atoms with Gasteiger partial charge in [-0.2, -0.15) is 0 Å². The van der Waals surface area contributed by atoms with E-state index in [9.17, 15) is 4.79 Å². The molecule has 0 amide bonds. The molecule has 2 atom stereocenters. The topological polar surface area (TPSA) is 35.5 Å². The number of hydrogen-bond donors (Lipinski definition) is 0. The Kier molecular flexibility index (Phi) is 3.57. The van der Waals surface area contributed by atoms with Gasteiger partial charge in [-0.05, 0) is 5.56 Å². The largest absolute Gasteiger partial charge is 0.465 e. The molecule has 1 fully saturated rings. The molecule has 1 aromatic rings. The van der Waals surface area contributed by atoms with Crippen molar-refractivity contribution < 1.29 is 14.3 Å². The zero-order chi connectivity index (χ0) is 11.4. The molecule has 0 spiro atoms. The maximum absolute atomic E-state index is 11.1. The summed E-state index contributed by atoms with van der Waals surface area (Å²) in [5, 5.41) is 0. The van der Waals surface area contributed by atoms with Gasteiger partial charge in [-0.15, -0.1) is 0 Å². The third-order valence-corrected chi connectivity index (χ3v) is 2.82. The second-order valence-corrected chi connectivity index (χ2v) is 4.20. The lowest BCUT2D eigenvalue weighted by atomic mass is 10.0. The van der Waals surface area contributed by atoms with Gasteiger partial charge < -0.3 is 9.47 Å². The van der Waals surface area contributed by atoms with E-state index in [0.717, 1.165) is 5.56 Å². The van der Waals surface area contributed by atoms with E-state index in [1.54, 1.807) is 0 Å². The second-order valence-electron chi connectivity index (χ2n) is 4.20. The summed E-state index contributed by atoms with van der Waals surface area (Å²) in [5.74, 6) is 0.123. The van der Waals surface area contributed by atoms with E-state index < -0.39 is 0 Å². The molecule has 0 saturated carbocycles. The molecular weight excluding hydrogens is 204 g/mol. The van der Waals surface area contributed by atoms with Crippen molar-refractivity contribution in [3.05, 3.63) is 35.9 Å². The Labute approximate surface area is 95.4 Å². The average Bonchev–Trinajstić information content (AvgIpc) is 2.32. The lowest BCUT2D eigenvalue weighted by Crippen LogP contribution is -2.34. The van der Waals surface area contributed by atoms with E-state index in [1.807, 2.05) is 37.3 Å². The molecule has 1 aromatic carbocycles. The van der Waals surface area contributed by atoms with Crippen LogP contribution in [0.15, 0.2) is 30.3 Å². The Hall–Kier alpha value is -1.35. The van der Waals surface area contributed by atoms with Crippen LogP contribution in [-0.2, 0) is 20.9 Å². The molecule has 3 heteroatoms. The molecule has 0 aliphatic carbocycles. The van der Waals surface area contributed by atoms with Crippen LogP contribution in [0, 0.1) is 5.92 Å². The van der Waals surface area contributed by atoms with Crippen molar-refractivity contribution in [2.75, 3.05) is 6.61 Å². The average molecular weight is 220 g/mol. The molecule has 0 N–H and O–H groups in total. The highest BCUT2D eigenvalue weighted by Gasteiger charge is 2.28. The predicted octanol–water partition coefficient (Wildman–Crippen LogP) is 2.15. The van der Waals surface area contributed by atoms with E-state index in [4.69, 9.17) is 9.47 Å². The molecule has 0 unspecified atom stereocenters. The summed E-state index contributed by atoms with van der Waals surface area (Å²) in [6, 6.07) is 9.98. The SMILES string of the molecule is C[C@H]1COC(=O)C[C@H]1OCc1ccccc1. The fourth-order valence-electron chi connectivity index (χ4n) is 1.76. The number of esters is 1. The highest BCUT2D eigenvalue weighted by atomic mass is 16.5. The second kappa shape index (κ2) is 5.12. The zero-order valence-corrected chi connectivity index (χ0v) is 9.39. The first-order chi connectivity index (χ1) is 7.75. The molecule has 1 heterocycles. The monoisotopic (exact) mass is 220 g/mol. The predicted molar refractivity (Wildman–Crippen MR) is 59.8 cm³/mol. The quantitative estimate of drug-likeness (QED) is 0.732. The van der Waals surface area contributed by atoms with Crippen LogP contribution in [0.2, 0.25) is 0 Å². The van der Waals surface area contributed by atoms with Crippen molar-refractivity contribution in [1.82, 2.24) is 0 Å². The summed E-state index contributed by atoms with van der Waals surface area (Å²) in [4.78, 5) is 11.1. The Bertz CT molecular complexity index is 347. The van der Waals surface area contributed by atoms with Gasteiger partial charge in [0.1, 0.15) is 0 Å². The smallest absolute Gasteiger partial charge is 0.308 e. The molecule has 1 saturated heterocycles. The number of carbonyl (C=O) groups is 1. The van der Waals surface area contributed by atoms with Crippen molar-refractivity contribution in [3.8, 4) is 0 Å². The van der Waals surface area contributed by atoms with Crippen molar-refractivity contribution in [3.63, 3.8) is 0 Å². The first-order valence-corrected chi connectivity index (χ1v) is 5.57. The Morgan fingerprint density at radius 3 is 2.88 bits per heavy atom. The first-order valence-electron chi connectivity index (χ1n) is 5.57. The van der Waals surface area contributed by atoms with Crippen LogP contribution in [0.5, 0.6) is 0 Å². The maximum Gasteiger partial charge on any atom is 0.308 e. The van der Waals surface area contributed by atoms with Gasteiger partial charge in [0.05, 0.1) is 25.7 Å². The van der Waals surface area contributed by atoms with Crippen LogP contribution in [0.4, 0.5) is 0 Å². The third kappa shape index (κ3) is 2.83. The van der Waals surface area contributed by atoms with Crippen LogP contribution in [0.1, 0.15) is 18.9 Å². The first kappa shape index (κ1) is 11.1. The number of ether oxygens (including phenoxy) is 2. The van der Waals surface area contributed by atoms with Gasteiger partial charge in [0.15, 0.2) is 0 Å². The Morgan fingerprint density at radius 1 is 1.38 bits per heavy atom. The van der Waals surface area contributed by atoms with Gasteiger partial charge in [-0.3, -0.25) is 4.79 Å². The Morgan fingerprint density at radius 2 is 2.12 bits per heavy atom. The summed E-state index contributed by atoms with van der Waals surface area (Å²) in [7, 11) is 0. The molecule has 0 aromatic heterocycles. The minimum Gasteiger partial charge on any atom is -0.465 e. The van der Waals surface area contributed by atoms with E-state index >= 15 is 0 Å². The van der Waals surface area contributed by atoms with E-state index in [2.05, 4.69) is 0 Å². The Balaban J connectivity index is 1.87. The molecule has 0 radical (unpaired) electrons. The van der Waals surface area contributed by atoms with Crippen LogP contribution in [-0.4, -0.2) is 18.7 Å². The highest BCUT2D eigenvalue weighted by molar-refractivity contribution is 5.70. The number of carbonyl (C=O) groups excluding carboxylic acids is 1. The fourth-order valence-corrected chi connectivity index (χ4v) is 1.76. The van der Waals surface area contributed by atoms with Crippen molar-refractivity contribution in [2.24, 2.45) is 5.92 Å². The summed E-state index contributed by atoms with van der Waals surface area (Å²) < 4.78 is 10.7. The fraction of sp³-hybridized carbons (Fsp3) is 0.462. The molecule has 1 aliphatic heterocycles. The van der Waals surface area contributed by atoms with Gasteiger partial charge in [0.25, 0.3) is 0 Å².